The van der Waals surface area contributed by atoms with Crippen LogP contribution in [0.3, 0.4) is 0 Å². The molecule has 27 heavy (non-hydrogen) atoms. The van der Waals surface area contributed by atoms with Crippen molar-refractivity contribution in [3.05, 3.63) is 35.7 Å². The van der Waals surface area contributed by atoms with Gasteiger partial charge in [-0.3, -0.25) is 4.79 Å². The Morgan fingerprint density at radius 2 is 2.22 bits per heavy atom. The Balaban J connectivity index is 1.61. The smallest absolute Gasteiger partial charge is 0.224 e. The maximum Gasteiger partial charge on any atom is 0.224 e. The summed E-state index contributed by atoms with van der Waals surface area (Å²) in [5.41, 5.74) is 8.80. The van der Waals surface area contributed by atoms with Gasteiger partial charge in [-0.05, 0) is 43.5 Å². The van der Waals surface area contributed by atoms with Crippen molar-refractivity contribution in [1.82, 2.24) is 19.9 Å². The minimum atomic E-state index is -0.0972. The van der Waals surface area contributed by atoms with Gasteiger partial charge < -0.3 is 20.4 Å². The number of Topliss-reactive ketones (excluding diaryl/α,β-unsaturated/α-hetero) is 1. The number of rotatable bonds is 4. The van der Waals surface area contributed by atoms with E-state index < -0.39 is 0 Å². The van der Waals surface area contributed by atoms with E-state index in [1.165, 1.54) is 0 Å². The second-order valence-corrected chi connectivity index (χ2v) is 6.84. The zero-order valence-corrected chi connectivity index (χ0v) is 15.4. The fraction of sp³-hybridized carbons (Fsp3) is 0.368. The van der Waals surface area contributed by atoms with E-state index in [1.54, 1.807) is 13.4 Å². The van der Waals surface area contributed by atoms with Gasteiger partial charge in [-0.15, -0.1) is 0 Å². The van der Waals surface area contributed by atoms with Gasteiger partial charge in [-0.25, -0.2) is 4.98 Å². The number of ketones is 1. The van der Waals surface area contributed by atoms with Crippen LogP contribution in [-0.4, -0.2) is 45.9 Å². The van der Waals surface area contributed by atoms with E-state index >= 15 is 0 Å². The van der Waals surface area contributed by atoms with Gasteiger partial charge in [-0.1, -0.05) is 0 Å². The SMILES string of the molecule is COc1ccc(C(=O)[C@@H]2CCCN(c3nc(N)nc4nc[nH]c34)C2)c(C)c1. The predicted octanol–water partition coefficient (Wildman–Crippen LogP) is 2.35. The summed E-state index contributed by atoms with van der Waals surface area (Å²) in [6, 6.07) is 5.58. The Bertz CT molecular complexity index is 999. The predicted molar refractivity (Wildman–Crippen MR) is 103 cm³/mol. The van der Waals surface area contributed by atoms with Crippen molar-refractivity contribution >= 4 is 28.7 Å². The molecule has 0 saturated carbocycles. The molecule has 4 rings (SSSR count). The fourth-order valence-electron chi connectivity index (χ4n) is 3.71. The van der Waals surface area contributed by atoms with Crippen LogP contribution < -0.4 is 15.4 Å². The zero-order valence-electron chi connectivity index (χ0n) is 15.4. The van der Waals surface area contributed by atoms with Gasteiger partial charge in [0.1, 0.15) is 11.3 Å². The number of anilines is 2. The Hall–Kier alpha value is -3.16. The number of nitrogens with two attached hydrogens (primary N) is 1. The van der Waals surface area contributed by atoms with Crippen molar-refractivity contribution in [1.29, 1.82) is 0 Å². The molecule has 2 aromatic heterocycles. The van der Waals surface area contributed by atoms with Crippen molar-refractivity contribution in [3.8, 4) is 5.75 Å². The number of aromatic nitrogens is 4. The molecular formula is C19H22N6O2. The summed E-state index contributed by atoms with van der Waals surface area (Å²) < 4.78 is 5.24. The number of ether oxygens (including phenoxy) is 1. The third kappa shape index (κ3) is 3.18. The molecule has 140 valence electrons. The molecule has 3 aromatic rings. The highest BCUT2D eigenvalue weighted by atomic mass is 16.5. The molecule has 0 amide bonds. The number of piperidine rings is 1. The number of imidazole rings is 1. The molecule has 3 N–H and O–H groups in total. The van der Waals surface area contributed by atoms with Crippen LogP contribution in [0.15, 0.2) is 24.5 Å². The average molecular weight is 366 g/mol. The minimum absolute atomic E-state index is 0.0972. The molecule has 1 saturated heterocycles. The number of aromatic amines is 1. The number of carbonyl (C=O) groups is 1. The van der Waals surface area contributed by atoms with Crippen LogP contribution >= 0.6 is 0 Å². The number of hydrogen-bond acceptors (Lipinski definition) is 7. The van der Waals surface area contributed by atoms with E-state index in [-0.39, 0.29) is 17.6 Å². The Morgan fingerprint density at radius 3 is 3.00 bits per heavy atom. The number of methoxy groups -OCH3 is 1. The van der Waals surface area contributed by atoms with Gasteiger partial charge in [0, 0.05) is 24.6 Å². The van der Waals surface area contributed by atoms with Crippen molar-refractivity contribution in [2.75, 3.05) is 30.8 Å². The lowest BCUT2D eigenvalue weighted by Crippen LogP contribution is -2.39. The second kappa shape index (κ2) is 6.86. The maximum atomic E-state index is 13.1. The van der Waals surface area contributed by atoms with Gasteiger partial charge in [-0.2, -0.15) is 9.97 Å². The number of hydrogen-bond donors (Lipinski definition) is 2. The minimum Gasteiger partial charge on any atom is -0.497 e. The first-order valence-corrected chi connectivity index (χ1v) is 8.97. The van der Waals surface area contributed by atoms with Gasteiger partial charge >= 0.3 is 0 Å². The van der Waals surface area contributed by atoms with Gasteiger partial charge in [0.2, 0.25) is 5.95 Å². The standard InChI is InChI=1S/C19H22N6O2/c1-11-8-13(27-2)5-6-14(11)16(26)12-4-3-7-25(9-12)18-15-17(22-10-21-15)23-19(20)24-18/h5-6,8,10,12H,3-4,7,9H2,1-2H3,(H3,20,21,22,23,24)/t12-/m1/s1. The molecule has 0 radical (unpaired) electrons. The molecule has 1 atom stereocenters. The molecule has 0 bridgehead atoms. The maximum absolute atomic E-state index is 13.1. The average Bonchev–Trinajstić information content (AvgIpc) is 3.15. The number of nitrogens with zero attached hydrogens (tertiary/aromatic N) is 4. The summed E-state index contributed by atoms with van der Waals surface area (Å²) in [4.78, 5) is 31.0. The molecule has 1 aromatic carbocycles. The zero-order chi connectivity index (χ0) is 19.0. The molecule has 3 heterocycles. The van der Waals surface area contributed by atoms with E-state index in [2.05, 4.69) is 24.8 Å². The summed E-state index contributed by atoms with van der Waals surface area (Å²) in [6.07, 6.45) is 3.34. The summed E-state index contributed by atoms with van der Waals surface area (Å²) in [7, 11) is 1.62. The molecule has 0 spiro atoms. The van der Waals surface area contributed by atoms with Crippen molar-refractivity contribution in [2.24, 2.45) is 5.92 Å². The number of fused-ring (bicyclic) bond motifs is 1. The molecule has 1 aliphatic rings. The monoisotopic (exact) mass is 366 g/mol. The van der Waals surface area contributed by atoms with Crippen LogP contribution in [0.5, 0.6) is 5.75 Å². The van der Waals surface area contributed by atoms with Crippen molar-refractivity contribution in [2.45, 2.75) is 19.8 Å². The number of carbonyl (C=O) groups excluding carboxylic acids is 1. The van der Waals surface area contributed by atoms with Gasteiger partial charge in [0.05, 0.1) is 13.4 Å². The Kier molecular flexibility index (Phi) is 4.39. The number of H-pyrrole nitrogens is 1. The lowest BCUT2D eigenvalue weighted by Gasteiger charge is -2.33. The van der Waals surface area contributed by atoms with E-state index in [1.807, 2.05) is 25.1 Å². The normalized spacial score (nSPS) is 17.3. The van der Waals surface area contributed by atoms with Crippen LogP contribution in [0, 0.1) is 12.8 Å². The van der Waals surface area contributed by atoms with Crippen molar-refractivity contribution in [3.63, 3.8) is 0 Å². The number of aryl methyl sites for hydroxylation is 1. The molecular weight excluding hydrogens is 344 g/mol. The molecule has 0 aliphatic carbocycles. The first kappa shape index (κ1) is 17.3. The fourth-order valence-corrected chi connectivity index (χ4v) is 3.71. The van der Waals surface area contributed by atoms with Crippen LogP contribution in [0.4, 0.5) is 11.8 Å². The molecule has 0 unspecified atom stereocenters. The molecule has 1 aliphatic heterocycles. The lowest BCUT2D eigenvalue weighted by molar-refractivity contribution is 0.0906. The van der Waals surface area contributed by atoms with Crippen LogP contribution in [0.2, 0.25) is 0 Å². The first-order chi connectivity index (χ1) is 13.1. The van der Waals surface area contributed by atoms with Gasteiger partial charge in [0.15, 0.2) is 17.2 Å². The number of nitrogen functional groups attached to an aromatic ring is 1. The van der Waals surface area contributed by atoms with Gasteiger partial charge in [0.25, 0.3) is 0 Å². The lowest BCUT2D eigenvalue weighted by atomic mass is 9.88. The van der Waals surface area contributed by atoms with E-state index in [9.17, 15) is 4.79 Å². The van der Waals surface area contributed by atoms with E-state index in [4.69, 9.17) is 10.5 Å². The highest BCUT2D eigenvalue weighted by Crippen LogP contribution is 2.29. The van der Waals surface area contributed by atoms with E-state index in [0.29, 0.717) is 18.0 Å². The Labute approximate surface area is 156 Å². The third-order valence-electron chi connectivity index (χ3n) is 5.07. The highest BCUT2D eigenvalue weighted by Gasteiger charge is 2.29. The largest absolute Gasteiger partial charge is 0.497 e. The van der Waals surface area contributed by atoms with Crippen molar-refractivity contribution < 1.29 is 9.53 Å². The molecule has 8 nitrogen and oxygen atoms in total. The summed E-state index contributed by atoms with van der Waals surface area (Å²) >= 11 is 0. The summed E-state index contributed by atoms with van der Waals surface area (Å²) in [6.45, 7) is 3.35. The third-order valence-corrected chi connectivity index (χ3v) is 5.07. The van der Waals surface area contributed by atoms with E-state index in [0.717, 1.165) is 41.8 Å². The Morgan fingerprint density at radius 1 is 1.37 bits per heavy atom. The number of benzene rings is 1. The topological polar surface area (TPSA) is 110 Å². The highest BCUT2D eigenvalue weighted by molar-refractivity contribution is 6.00. The number of nitrogens with one attached hydrogen (secondary N) is 1. The second-order valence-electron chi connectivity index (χ2n) is 6.84. The van der Waals surface area contributed by atoms with Crippen LogP contribution in [0.1, 0.15) is 28.8 Å². The molecule has 1 fully saturated rings. The molecule has 8 heteroatoms. The quantitative estimate of drug-likeness (QED) is 0.682. The summed E-state index contributed by atoms with van der Waals surface area (Å²) in [5, 5.41) is 0. The first-order valence-electron chi connectivity index (χ1n) is 8.97. The van der Waals surface area contributed by atoms with Crippen LogP contribution in [-0.2, 0) is 0 Å². The van der Waals surface area contributed by atoms with Crippen LogP contribution in [0.25, 0.3) is 11.2 Å². The summed E-state index contributed by atoms with van der Waals surface area (Å²) in [5.74, 6) is 1.71.